The fourth-order valence-corrected chi connectivity index (χ4v) is 5.04. The van der Waals surface area contributed by atoms with Crippen LogP contribution in [-0.2, 0) is 10.5 Å². The van der Waals surface area contributed by atoms with Crippen LogP contribution in [0.25, 0.3) is 0 Å². The number of carbonyl (C=O) groups is 3. The van der Waals surface area contributed by atoms with Gasteiger partial charge in [-0.15, -0.1) is 10.2 Å². The lowest BCUT2D eigenvalue weighted by molar-refractivity contribution is -0.166. The minimum absolute atomic E-state index is 0.0711. The molecule has 2 aromatic carbocycles. The van der Waals surface area contributed by atoms with E-state index in [-0.39, 0.29) is 28.8 Å². The number of benzene rings is 2. The van der Waals surface area contributed by atoms with Crippen molar-refractivity contribution in [3.63, 3.8) is 0 Å². The number of hydrogen-bond acceptors (Lipinski definition) is 5. The van der Waals surface area contributed by atoms with Crippen LogP contribution in [0.2, 0.25) is 0 Å². The summed E-state index contributed by atoms with van der Waals surface area (Å²) in [5.41, 5.74) is -0.852. The highest BCUT2D eigenvalue weighted by Gasteiger charge is 2.65. The number of alkyl halides is 3. The Kier molecular flexibility index (Phi) is 6.27. The van der Waals surface area contributed by atoms with Crippen molar-refractivity contribution in [2.24, 2.45) is 10.2 Å². The quantitative estimate of drug-likeness (QED) is 0.570. The van der Waals surface area contributed by atoms with Gasteiger partial charge in [0.15, 0.2) is 0 Å². The highest BCUT2D eigenvalue weighted by atomic mass is 19.4. The number of anilines is 1. The Bertz CT molecular complexity index is 1310. The molecule has 2 aliphatic heterocycles. The van der Waals surface area contributed by atoms with Crippen LogP contribution in [0.1, 0.15) is 64.4 Å². The van der Waals surface area contributed by atoms with Crippen molar-refractivity contribution >= 4 is 23.4 Å². The molecule has 1 saturated carbocycles. The Hall–Kier alpha value is -3.76. The van der Waals surface area contributed by atoms with Crippen LogP contribution in [0.5, 0.6) is 0 Å². The van der Waals surface area contributed by atoms with Gasteiger partial charge in [-0.05, 0) is 62.1 Å². The third-order valence-corrected chi connectivity index (χ3v) is 7.46. The second kappa shape index (κ2) is 9.21. The van der Waals surface area contributed by atoms with Gasteiger partial charge in [0.2, 0.25) is 5.91 Å². The van der Waals surface area contributed by atoms with Gasteiger partial charge in [0, 0.05) is 48.4 Å². The molecule has 1 aliphatic carbocycles. The minimum atomic E-state index is -4.62. The van der Waals surface area contributed by atoms with E-state index in [9.17, 15) is 27.6 Å². The molecule has 0 aromatic heterocycles. The summed E-state index contributed by atoms with van der Waals surface area (Å²) in [7, 11) is 0. The molecule has 11 heteroatoms. The first-order valence-electron chi connectivity index (χ1n) is 12.6. The van der Waals surface area contributed by atoms with Gasteiger partial charge < -0.3 is 15.1 Å². The number of aryl methyl sites for hydroxylation is 1. The van der Waals surface area contributed by atoms with E-state index >= 15 is 0 Å². The first-order chi connectivity index (χ1) is 18.0. The first kappa shape index (κ1) is 25.9. The van der Waals surface area contributed by atoms with Crippen molar-refractivity contribution in [1.82, 2.24) is 9.80 Å². The maximum Gasteiger partial charge on any atom is 0.442 e. The van der Waals surface area contributed by atoms with Gasteiger partial charge in [-0.3, -0.25) is 14.4 Å². The maximum atomic E-state index is 13.3. The topological polar surface area (TPSA) is 94.4 Å². The molecule has 1 spiro atoms. The number of carbonyl (C=O) groups excluding carboxylic acids is 3. The van der Waals surface area contributed by atoms with E-state index in [4.69, 9.17) is 0 Å². The molecule has 0 atom stereocenters. The summed E-state index contributed by atoms with van der Waals surface area (Å²) >= 11 is 0. The second-order valence-electron chi connectivity index (χ2n) is 10.2. The standard InChI is InChI=1S/C27H28F3N5O3/c1-3-4-22(36)31-21-10-7-19(15-17(21)2)23(37)34-13-14-35(25(16-34)11-12-25)24(38)18-5-8-20(9-6-18)26(32-33-26)27(28,29)30/h5-10,15H,3-4,11-14,16H2,1-2H3,(H,31,36). The highest BCUT2D eigenvalue weighted by molar-refractivity contribution is 5.98. The summed E-state index contributed by atoms with van der Waals surface area (Å²) in [6, 6.07) is 10.4. The summed E-state index contributed by atoms with van der Waals surface area (Å²) in [6.45, 7) is 4.82. The third-order valence-electron chi connectivity index (χ3n) is 7.46. The lowest BCUT2D eigenvalue weighted by atomic mass is 10.00. The van der Waals surface area contributed by atoms with E-state index in [1.807, 2.05) is 13.8 Å². The normalized spacial score (nSPS) is 18.9. The SMILES string of the molecule is CCCC(=O)Nc1ccc(C(=O)N2CCN(C(=O)c3ccc(C4(C(F)(F)F)N=N4)cc3)C3(CC3)C2)cc1C. The highest BCUT2D eigenvalue weighted by Crippen LogP contribution is 2.52. The molecule has 200 valence electrons. The molecule has 3 aliphatic rings. The van der Waals surface area contributed by atoms with E-state index in [0.29, 0.717) is 37.3 Å². The average molecular weight is 528 g/mol. The molecule has 0 unspecified atom stereocenters. The van der Waals surface area contributed by atoms with Gasteiger partial charge in [-0.25, -0.2) is 0 Å². The number of hydrogen-bond donors (Lipinski definition) is 1. The molecule has 38 heavy (non-hydrogen) atoms. The van der Waals surface area contributed by atoms with Crippen LogP contribution in [0.15, 0.2) is 52.7 Å². The van der Waals surface area contributed by atoms with Crippen LogP contribution >= 0.6 is 0 Å². The third kappa shape index (κ3) is 4.54. The number of piperazine rings is 1. The van der Waals surface area contributed by atoms with Gasteiger partial charge in [0.25, 0.3) is 11.8 Å². The van der Waals surface area contributed by atoms with Crippen LogP contribution in [0, 0.1) is 6.92 Å². The molecule has 8 nitrogen and oxygen atoms in total. The van der Waals surface area contributed by atoms with Crippen LogP contribution in [0.4, 0.5) is 18.9 Å². The number of halogens is 3. The van der Waals surface area contributed by atoms with Gasteiger partial charge in [0.05, 0.1) is 5.54 Å². The molecular formula is C27H28F3N5O3. The van der Waals surface area contributed by atoms with Crippen molar-refractivity contribution in [2.75, 3.05) is 25.0 Å². The summed E-state index contributed by atoms with van der Waals surface area (Å²) in [5.74, 6) is -0.482. The Labute approximate surface area is 217 Å². The van der Waals surface area contributed by atoms with Gasteiger partial charge >= 0.3 is 11.8 Å². The summed E-state index contributed by atoms with van der Waals surface area (Å²) in [4.78, 5) is 42.0. The monoisotopic (exact) mass is 527 g/mol. The zero-order valence-corrected chi connectivity index (χ0v) is 21.1. The zero-order valence-electron chi connectivity index (χ0n) is 21.1. The van der Waals surface area contributed by atoms with E-state index in [1.54, 1.807) is 28.0 Å². The maximum absolute atomic E-state index is 13.3. The molecule has 1 N–H and O–H groups in total. The molecule has 5 rings (SSSR count). The van der Waals surface area contributed by atoms with E-state index in [1.165, 1.54) is 24.3 Å². The first-order valence-corrected chi connectivity index (χ1v) is 12.6. The van der Waals surface area contributed by atoms with E-state index in [2.05, 4.69) is 15.5 Å². The van der Waals surface area contributed by atoms with Crippen molar-refractivity contribution < 1.29 is 27.6 Å². The largest absolute Gasteiger partial charge is 0.442 e. The van der Waals surface area contributed by atoms with Crippen molar-refractivity contribution in [1.29, 1.82) is 0 Å². The lowest BCUT2D eigenvalue weighted by Gasteiger charge is -2.42. The zero-order chi connectivity index (χ0) is 27.3. The number of amides is 3. The number of nitrogens with zero attached hydrogens (tertiary/aromatic N) is 4. The van der Waals surface area contributed by atoms with E-state index < -0.39 is 17.4 Å². The molecule has 2 aromatic rings. The van der Waals surface area contributed by atoms with Gasteiger partial charge in [-0.1, -0.05) is 19.1 Å². The molecule has 0 bridgehead atoms. The smallest absolute Gasteiger partial charge is 0.335 e. The summed E-state index contributed by atoms with van der Waals surface area (Å²) in [5, 5.41) is 9.26. The lowest BCUT2D eigenvalue weighted by Crippen LogP contribution is -2.58. The fourth-order valence-electron chi connectivity index (χ4n) is 5.04. The van der Waals surface area contributed by atoms with Crippen LogP contribution < -0.4 is 5.32 Å². The second-order valence-corrected chi connectivity index (χ2v) is 10.2. The molecule has 2 fully saturated rings. The fraction of sp³-hybridized carbons (Fsp3) is 0.444. The molecule has 2 heterocycles. The van der Waals surface area contributed by atoms with Crippen LogP contribution in [0.3, 0.4) is 0 Å². The Morgan fingerprint density at radius 1 is 0.974 bits per heavy atom. The molecule has 0 radical (unpaired) electrons. The van der Waals surface area contributed by atoms with Gasteiger partial charge in [0.1, 0.15) is 0 Å². The Morgan fingerprint density at radius 3 is 2.18 bits per heavy atom. The van der Waals surface area contributed by atoms with Crippen molar-refractivity contribution in [3.05, 3.63) is 64.7 Å². The average Bonchev–Trinajstić information content (AvgIpc) is 3.81. The Balaban J connectivity index is 1.25. The van der Waals surface area contributed by atoms with Crippen molar-refractivity contribution in [3.8, 4) is 0 Å². The predicted molar refractivity (Wildman–Crippen MR) is 133 cm³/mol. The van der Waals surface area contributed by atoms with Crippen LogP contribution in [-0.4, -0.2) is 58.9 Å². The summed E-state index contributed by atoms with van der Waals surface area (Å²) in [6.07, 6.45) is -1.96. The number of nitrogens with one attached hydrogen (secondary N) is 1. The predicted octanol–water partition coefficient (Wildman–Crippen LogP) is 5.05. The molecule has 1 saturated heterocycles. The minimum Gasteiger partial charge on any atom is -0.335 e. The Morgan fingerprint density at radius 2 is 1.63 bits per heavy atom. The van der Waals surface area contributed by atoms with Crippen molar-refractivity contribution in [2.45, 2.75) is 56.9 Å². The molecular weight excluding hydrogens is 499 g/mol. The summed E-state index contributed by atoms with van der Waals surface area (Å²) < 4.78 is 39.8. The number of rotatable bonds is 6. The van der Waals surface area contributed by atoms with Gasteiger partial charge in [-0.2, -0.15) is 13.2 Å². The van der Waals surface area contributed by atoms with E-state index in [0.717, 1.165) is 24.8 Å². The molecule has 3 amide bonds.